The van der Waals surface area contributed by atoms with Crippen molar-refractivity contribution in [3.8, 4) is 5.75 Å². The van der Waals surface area contributed by atoms with Crippen LogP contribution in [0.2, 0.25) is 0 Å². The van der Waals surface area contributed by atoms with E-state index in [0.717, 1.165) is 44.4 Å². The molecule has 1 aliphatic heterocycles. The predicted octanol–water partition coefficient (Wildman–Crippen LogP) is 3.35. The lowest BCUT2D eigenvalue weighted by Crippen LogP contribution is -2.45. The average molecular weight is 518 g/mol. The van der Waals surface area contributed by atoms with E-state index in [-0.39, 0.29) is 30.0 Å². The van der Waals surface area contributed by atoms with E-state index in [0.29, 0.717) is 6.04 Å². The highest BCUT2D eigenvalue weighted by Gasteiger charge is 2.26. The van der Waals surface area contributed by atoms with Crippen LogP contribution in [-0.4, -0.2) is 75.7 Å². The summed E-state index contributed by atoms with van der Waals surface area (Å²) in [4.78, 5) is 9.34. The average Bonchev–Trinajstić information content (AvgIpc) is 3.26. The van der Waals surface area contributed by atoms with Crippen molar-refractivity contribution in [3.05, 3.63) is 29.8 Å². The van der Waals surface area contributed by atoms with Crippen LogP contribution in [0.15, 0.2) is 29.3 Å². The van der Waals surface area contributed by atoms with Gasteiger partial charge < -0.3 is 20.3 Å². The highest BCUT2D eigenvalue weighted by molar-refractivity contribution is 14.0. The number of ether oxygens (including phenoxy) is 1. The summed E-state index contributed by atoms with van der Waals surface area (Å²) in [5, 5.41) is 6.99. The van der Waals surface area contributed by atoms with Crippen LogP contribution >= 0.6 is 24.0 Å². The first kappa shape index (κ1) is 26.0. The van der Waals surface area contributed by atoms with Crippen molar-refractivity contribution in [2.75, 3.05) is 53.9 Å². The Kier molecular flexibility index (Phi) is 12.6. The Labute approximate surface area is 194 Å². The van der Waals surface area contributed by atoms with E-state index in [1.165, 1.54) is 24.8 Å². The van der Waals surface area contributed by atoms with Gasteiger partial charge in [0, 0.05) is 38.3 Å². The number of benzene rings is 1. The highest BCUT2D eigenvalue weighted by atomic mass is 127. The van der Waals surface area contributed by atoms with Crippen LogP contribution in [0, 0.1) is 0 Å². The molecule has 1 heterocycles. The predicted molar refractivity (Wildman–Crippen MR) is 134 cm³/mol. The molecule has 166 valence electrons. The third-order valence-corrected chi connectivity index (χ3v) is 5.87. The molecule has 0 amide bonds. The topological polar surface area (TPSA) is 52.1 Å². The standard InChI is InChI=1S/C22H39N5O.HI/c1-6-18(2)26(4)16-13-24-22(23-3)25-17-20(27-14-9-10-15-27)19-11-7-8-12-21(19)28-5;/h7-8,11-12,18,20H,6,9-10,13-17H2,1-5H3,(H2,23,24,25);1H. The minimum Gasteiger partial charge on any atom is -0.496 e. The number of para-hydroxylation sites is 1. The van der Waals surface area contributed by atoms with Gasteiger partial charge in [-0.15, -0.1) is 24.0 Å². The van der Waals surface area contributed by atoms with E-state index in [9.17, 15) is 0 Å². The molecule has 1 saturated heterocycles. The second kappa shape index (κ2) is 14.0. The van der Waals surface area contributed by atoms with E-state index in [1.807, 2.05) is 13.1 Å². The first-order valence-corrected chi connectivity index (χ1v) is 10.6. The van der Waals surface area contributed by atoms with Crippen LogP contribution in [-0.2, 0) is 0 Å². The molecule has 1 aromatic rings. The number of halogens is 1. The van der Waals surface area contributed by atoms with Crippen LogP contribution in [0.3, 0.4) is 0 Å². The Morgan fingerprint density at radius 1 is 1.24 bits per heavy atom. The van der Waals surface area contributed by atoms with Crippen LogP contribution in [0.1, 0.15) is 44.7 Å². The molecule has 2 atom stereocenters. The van der Waals surface area contributed by atoms with Gasteiger partial charge in [-0.2, -0.15) is 0 Å². The summed E-state index contributed by atoms with van der Waals surface area (Å²) in [6, 6.07) is 9.24. The van der Waals surface area contributed by atoms with Gasteiger partial charge >= 0.3 is 0 Å². The van der Waals surface area contributed by atoms with E-state index in [1.54, 1.807) is 7.11 Å². The molecular formula is C22H40IN5O. The molecule has 1 aliphatic rings. The molecule has 7 heteroatoms. The summed E-state index contributed by atoms with van der Waals surface area (Å²) in [7, 11) is 5.76. The third kappa shape index (κ3) is 7.94. The van der Waals surface area contributed by atoms with Gasteiger partial charge in [-0.1, -0.05) is 25.1 Å². The molecule has 0 aromatic heterocycles. The van der Waals surface area contributed by atoms with Crippen LogP contribution in [0.4, 0.5) is 0 Å². The Balaban J connectivity index is 0.00000420. The second-order valence-corrected chi connectivity index (χ2v) is 7.62. The van der Waals surface area contributed by atoms with Crippen LogP contribution in [0.5, 0.6) is 5.75 Å². The third-order valence-electron chi connectivity index (χ3n) is 5.87. The van der Waals surface area contributed by atoms with Gasteiger partial charge in [-0.05, 0) is 52.4 Å². The number of hydrogen-bond acceptors (Lipinski definition) is 4. The molecule has 0 radical (unpaired) electrons. The molecule has 29 heavy (non-hydrogen) atoms. The minimum atomic E-state index is 0. The lowest BCUT2D eigenvalue weighted by atomic mass is 10.0. The minimum absolute atomic E-state index is 0. The van der Waals surface area contributed by atoms with Gasteiger partial charge in [0.25, 0.3) is 0 Å². The van der Waals surface area contributed by atoms with Gasteiger partial charge in [0.15, 0.2) is 5.96 Å². The number of guanidine groups is 1. The van der Waals surface area contributed by atoms with Gasteiger partial charge in [0.05, 0.1) is 13.2 Å². The van der Waals surface area contributed by atoms with E-state index in [2.05, 4.69) is 64.5 Å². The first-order chi connectivity index (χ1) is 13.6. The fourth-order valence-electron chi connectivity index (χ4n) is 3.73. The molecular weight excluding hydrogens is 477 g/mol. The number of nitrogens with one attached hydrogen (secondary N) is 2. The fourth-order valence-corrected chi connectivity index (χ4v) is 3.73. The van der Waals surface area contributed by atoms with E-state index < -0.39 is 0 Å². The maximum absolute atomic E-state index is 5.64. The molecule has 0 saturated carbocycles. The zero-order valence-electron chi connectivity index (χ0n) is 18.8. The maximum Gasteiger partial charge on any atom is 0.191 e. The van der Waals surface area contributed by atoms with E-state index in [4.69, 9.17) is 4.74 Å². The zero-order chi connectivity index (χ0) is 20.4. The molecule has 6 nitrogen and oxygen atoms in total. The largest absolute Gasteiger partial charge is 0.496 e. The number of hydrogen-bond donors (Lipinski definition) is 2. The Bertz CT molecular complexity index is 607. The van der Waals surface area contributed by atoms with Crippen molar-refractivity contribution in [3.63, 3.8) is 0 Å². The van der Waals surface area contributed by atoms with Crippen molar-refractivity contribution in [2.24, 2.45) is 4.99 Å². The number of likely N-dealkylation sites (tertiary alicyclic amines) is 1. The van der Waals surface area contributed by atoms with Gasteiger partial charge in [-0.25, -0.2) is 0 Å². The quantitative estimate of drug-likeness (QED) is 0.283. The number of aliphatic imine (C=N–C) groups is 1. The van der Waals surface area contributed by atoms with Crippen molar-refractivity contribution >= 4 is 29.9 Å². The summed E-state index contributed by atoms with van der Waals surface area (Å²) in [6.45, 7) is 9.45. The molecule has 2 N–H and O–H groups in total. The molecule has 0 bridgehead atoms. The van der Waals surface area contributed by atoms with Crippen LogP contribution < -0.4 is 15.4 Å². The lowest BCUT2D eigenvalue weighted by molar-refractivity contribution is 0.239. The normalized spacial score (nSPS) is 17.0. The van der Waals surface area contributed by atoms with Crippen molar-refractivity contribution in [1.29, 1.82) is 0 Å². The van der Waals surface area contributed by atoms with Gasteiger partial charge in [0.2, 0.25) is 0 Å². The van der Waals surface area contributed by atoms with Gasteiger partial charge in [-0.3, -0.25) is 9.89 Å². The number of methoxy groups -OCH3 is 1. The second-order valence-electron chi connectivity index (χ2n) is 7.62. The molecule has 1 aromatic carbocycles. The summed E-state index contributed by atoms with van der Waals surface area (Å²) < 4.78 is 5.64. The molecule has 0 spiro atoms. The van der Waals surface area contributed by atoms with Crippen molar-refractivity contribution < 1.29 is 4.74 Å². The Morgan fingerprint density at radius 2 is 1.93 bits per heavy atom. The number of nitrogens with zero attached hydrogens (tertiary/aromatic N) is 3. The van der Waals surface area contributed by atoms with Crippen LogP contribution in [0.25, 0.3) is 0 Å². The number of rotatable bonds is 10. The summed E-state index contributed by atoms with van der Waals surface area (Å²) in [5.41, 5.74) is 1.24. The number of likely N-dealkylation sites (N-methyl/N-ethyl adjacent to an activating group) is 1. The summed E-state index contributed by atoms with van der Waals surface area (Å²) in [6.07, 6.45) is 3.70. The van der Waals surface area contributed by atoms with Crippen molar-refractivity contribution in [2.45, 2.75) is 45.2 Å². The Morgan fingerprint density at radius 3 is 2.55 bits per heavy atom. The summed E-state index contributed by atoms with van der Waals surface area (Å²) >= 11 is 0. The fraction of sp³-hybridized carbons (Fsp3) is 0.682. The maximum atomic E-state index is 5.64. The molecule has 0 aliphatic carbocycles. The monoisotopic (exact) mass is 517 g/mol. The summed E-state index contributed by atoms with van der Waals surface area (Å²) in [5.74, 6) is 1.82. The van der Waals surface area contributed by atoms with E-state index >= 15 is 0 Å². The highest BCUT2D eigenvalue weighted by Crippen LogP contribution is 2.31. The first-order valence-electron chi connectivity index (χ1n) is 10.6. The molecule has 1 fully saturated rings. The molecule has 2 unspecified atom stereocenters. The SMILES string of the molecule is CCC(C)N(C)CCNC(=NC)NCC(c1ccccc1OC)N1CCCC1.I. The van der Waals surface area contributed by atoms with Crippen molar-refractivity contribution in [1.82, 2.24) is 20.4 Å². The lowest BCUT2D eigenvalue weighted by Gasteiger charge is -2.30. The molecule has 2 rings (SSSR count). The van der Waals surface area contributed by atoms with Gasteiger partial charge in [0.1, 0.15) is 5.75 Å². The smallest absolute Gasteiger partial charge is 0.191 e. The Hall–Kier alpha value is -1.06. The zero-order valence-corrected chi connectivity index (χ0v) is 21.1.